The predicted octanol–water partition coefficient (Wildman–Crippen LogP) is 1.34. The van der Waals surface area contributed by atoms with Crippen molar-refractivity contribution in [3.05, 3.63) is 0 Å². The number of aliphatic carboxylic acids is 1. The van der Waals surface area contributed by atoms with E-state index in [9.17, 15) is 4.79 Å². The van der Waals surface area contributed by atoms with E-state index in [2.05, 4.69) is 5.92 Å². The first-order chi connectivity index (χ1) is 6.74. The van der Waals surface area contributed by atoms with Crippen LogP contribution in [0.3, 0.4) is 0 Å². The van der Waals surface area contributed by atoms with Crippen molar-refractivity contribution >= 4 is 5.97 Å². The number of nitrogens with zero attached hydrogens (tertiary/aromatic N) is 1. The van der Waals surface area contributed by atoms with Crippen molar-refractivity contribution in [2.24, 2.45) is 0 Å². The molecule has 0 saturated heterocycles. The Morgan fingerprint density at radius 2 is 2.14 bits per heavy atom. The summed E-state index contributed by atoms with van der Waals surface area (Å²) in [5, 5.41) is 8.75. The lowest BCUT2D eigenvalue weighted by atomic mass is 10.2. The minimum Gasteiger partial charge on any atom is -0.480 e. The molecule has 1 fully saturated rings. The number of hydrogen-bond donors (Lipinski definition) is 1. The molecule has 0 aliphatic heterocycles. The van der Waals surface area contributed by atoms with E-state index >= 15 is 0 Å². The van der Waals surface area contributed by atoms with Gasteiger partial charge in [-0.15, -0.1) is 12.3 Å². The van der Waals surface area contributed by atoms with E-state index in [1.807, 2.05) is 4.90 Å². The van der Waals surface area contributed by atoms with E-state index in [0.717, 1.165) is 12.8 Å². The van der Waals surface area contributed by atoms with Crippen molar-refractivity contribution in [2.45, 2.75) is 38.1 Å². The molecule has 3 heteroatoms. The molecule has 14 heavy (non-hydrogen) atoms. The maximum Gasteiger partial charge on any atom is 0.317 e. The largest absolute Gasteiger partial charge is 0.480 e. The molecule has 1 N–H and O–H groups in total. The van der Waals surface area contributed by atoms with Crippen molar-refractivity contribution in [2.75, 3.05) is 13.1 Å². The average Bonchev–Trinajstić information content (AvgIpc) is 2.64. The van der Waals surface area contributed by atoms with E-state index in [1.54, 1.807) is 0 Å². The molecule has 0 bridgehead atoms. The minimum absolute atomic E-state index is 0.131. The zero-order valence-electron chi connectivity index (χ0n) is 8.41. The van der Waals surface area contributed by atoms with Crippen molar-refractivity contribution in [3.63, 3.8) is 0 Å². The smallest absolute Gasteiger partial charge is 0.317 e. The number of terminal acetylenes is 1. The van der Waals surface area contributed by atoms with Gasteiger partial charge in [0.15, 0.2) is 0 Å². The van der Waals surface area contributed by atoms with Gasteiger partial charge in [-0.1, -0.05) is 12.8 Å². The summed E-state index contributed by atoms with van der Waals surface area (Å²) < 4.78 is 0. The molecular formula is C11H17NO2. The van der Waals surface area contributed by atoms with Crippen molar-refractivity contribution < 1.29 is 9.90 Å². The van der Waals surface area contributed by atoms with E-state index in [-0.39, 0.29) is 6.54 Å². The molecule has 0 heterocycles. The van der Waals surface area contributed by atoms with E-state index in [0.29, 0.717) is 19.0 Å². The Labute approximate surface area is 85.1 Å². The fourth-order valence-corrected chi connectivity index (χ4v) is 2.04. The van der Waals surface area contributed by atoms with Gasteiger partial charge >= 0.3 is 5.97 Å². The minimum atomic E-state index is -0.756. The molecule has 1 aliphatic rings. The third-order valence-corrected chi connectivity index (χ3v) is 2.72. The normalized spacial score (nSPS) is 17.1. The average molecular weight is 195 g/mol. The van der Waals surface area contributed by atoms with Crippen molar-refractivity contribution in [1.82, 2.24) is 4.90 Å². The van der Waals surface area contributed by atoms with Crippen LogP contribution in [0.1, 0.15) is 32.1 Å². The summed E-state index contributed by atoms with van der Waals surface area (Å²) in [5.74, 6) is 1.80. The van der Waals surface area contributed by atoms with Crippen LogP contribution in [0.15, 0.2) is 0 Å². The first kappa shape index (κ1) is 11.1. The number of carboxylic acid groups (broad SMARTS) is 1. The van der Waals surface area contributed by atoms with Crippen LogP contribution in [0.2, 0.25) is 0 Å². The molecule has 3 nitrogen and oxygen atoms in total. The Bertz CT molecular complexity index is 226. The predicted molar refractivity (Wildman–Crippen MR) is 54.9 cm³/mol. The van der Waals surface area contributed by atoms with Gasteiger partial charge in [-0.25, -0.2) is 0 Å². The molecule has 0 spiro atoms. The molecule has 0 aromatic heterocycles. The first-order valence-corrected chi connectivity index (χ1v) is 5.13. The van der Waals surface area contributed by atoms with Crippen LogP contribution < -0.4 is 0 Å². The third kappa shape index (κ3) is 3.39. The van der Waals surface area contributed by atoms with Gasteiger partial charge in [0.1, 0.15) is 0 Å². The maximum atomic E-state index is 10.6. The second-order valence-corrected chi connectivity index (χ2v) is 3.76. The maximum absolute atomic E-state index is 10.6. The highest BCUT2D eigenvalue weighted by atomic mass is 16.4. The van der Waals surface area contributed by atoms with Crippen LogP contribution in [0, 0.1) is 12.3 Å². The second kappa shape index (κ2) is 5.66. The van der Waals surface area contributed by atoms with Crippen LogP contribution >= 0.6 is 0 Å². The Kier molecular flexibility index (Phi) is 4.48. The quantitative estimate of drug-likeness (QED) is 0.673. The Morgan fingerprint density at radius 3 is 2.64 bits per heavy atom. The Balaban J connectivity index is 2.42. The fraction of sp³-hybridized carbons (Fsp3) is 0.727. The topological polar surface area (TPSA) is 40.5 Å². The summed E-state index contributed by atoms with van der Waals surface area (Å²) in [5.41, 5.74) is 0. The number of carboxylic acids is 1. The van der Waals surface area contributed by atoms with Crippen LogP contribution in [0.5, 0.6) is 0 Å². The van der Waals surface area contributed by atoms with Crippen LogP contribution in [0.25, 0.3) is 0 Å². The molecule has 78 valence electrons. The molecule has 0 atom stereocenters. The van der Waals surface area contributed by atoms with Gasteiger partial charge in [0.25, 0.3) is 0 Å². The molecule has 1 rings (SSSR count). The summed E-state index contributed by atoms with van der Waals surface area (Å²) in [6.07, 6.45) is 10.5. The number of rotatable bonds is 5. The SMILES string of the molecule is C#CCCN(CC(=O)O)C1CCCC1. The number of carbonyl (C=O) groups is 1. The van der Waals surface area contributed by atoms with E-state index in [4.69, 9.17) is 11.5 Å². The van der Waals surface area contributed by atoms with Gasteiger partial charge in [0.2, 0.25) is 0 Å². The molecule has 0 aromatic rings. The molecule has 1 saturated carbocycles. The first-order valence-electron chi connectivity index (χ1n) is 5.13. The summed E-state index contributed by atoms with van der Waals surface area (Å²) in [4.78, 5) is 12.6. The van der Waals surface area contributed by atoms with E-state index in [1.165, 1.54) is 12.8 Å². The van der Waals surface area contributed by atoms with E-state index < -0.39 is 5.97 Å². The summed E-state index contributed by atoms with van der Waals surface area (Å²) >= 11 is 0. The summed E-state index contributed by atoms with van der Waals surface area (Å²) in [6, 6.07) is 0.444. The second-order valence-electron chi connectivity index (χ2n) is 3.76. The molecule has 0 amide bonds. The highest BCUT2D eigenvalue weighted by molar-refractivity contribution is 5.69. The van der Waals surface area contributed by atoms with Gasteiger partial charge in [-0.3, -0.25) is 9.69 Å². The highest BCUT2D eigenvalue weighted by Crippen LogP contribution is 2.23. The lowest BCUT2D eigenvalue weighted by molar-refractivity contribution is -0.138. The molecule has 1 aliphatic carbocycles. The zero-order chi connectivity index (χ0) is 10.4. The third-order valence-electron chi connectivity index (χ3n) is 2.72. The van der Waals surface area contributed by atoms with Crippen LogP contribution in [-0.4, -0.2) is 35.1 Å². The molecular weight excluding hydrogens is 178 g/mol. The monoisotopic (exact) mass is 195 g/mol. The number of hydrogen-bond acceptors (Lipinski definition) is 2. The van der Waals surface area contributed by atoms with Gasteiger partial charge < -0.3 is 5.11 Å². The van der Waals surface area contributed by atoms with Crippen LogP contribution in [-0.2, 0) is 4.79 Å². The van der Waals surface area contributed by atoms with Gasteiger partial charge in [-0.2, -0.15) is 0 Å². The molecule has 0 radical (unpaired) electrons. The summed E-state index contributed by atoms with van der Waals surface area (Å²) in [6.45, 7) is 0.847. The Hall–Kier alpha value is -1.01. The van der Waals surface area contributed by atoms with Gasteiger partial charge in [0.05, 0.1) is 6.54 Å². The Morgan fingerprint density at radius 1 is 1.50 bits per heavy atom. The van der Waals surface area contributed by atoms with Crippen molar-refractivity contribution in [3.8, 4) is 12.3 Å². The van der Waals surface area contributed by atoms with Gasteiger partial charge in [-0.05, 0) is 12.8 Å². The zero-order valence-corrected chi connectivity index (χ0v) is 8.41. The molecule has 0 unspecified atom stereocenters. The lowest BCUT2D eigenvalue weighted by Crippen LogP contribution is -2.38. The highest BCUT2D eigenvalue weighted by Gasteiger charge is 2.23. The van der Waals surface area contributed by atoms with Crippen molar-refractivity contribution in [1.29, 1.82) is 0 Å². The standard InChI is InChI=1S/C11H17NO2/c1-2-3-8-12(9-11(13)14)10-6-4-5-7-10/h1,10H,3-9H2,(H,13,14). The van der Waals surface area contributed by atoms with Gasteiger partial charge in [0, 0.05) is 19.0 Å². The summed E-state index contributed by atoms with van der Waals surface area (Å²) in [7, 11) is 0. The molecule has 0 aromatic carbocycles. The lowest BCUT2D eigenvalue weighted by Gasteiger charge is -2.26. The fourth-order valence-electron chi connectivity index (χ4n) is 2.04. The van der Waals surface area contributed by atoms with Crippen LogP contribution in [0.4, 0.5) is 0 Å².